The monoisotopic (exact) mass is 125 g/mol. The number of rotatable bonds is 0. The van der Waals surface area contributed by atoms with E-state index in [9.17, 15) is 13.2 Å². The maximum atomic E-state index is 11.2. The van der Waals surface area contributed by atoms with Crippen molar-refractivity contribution < 1.29 is 13.2 Å². The van der Waals surface area contributed by atoms with E-state index in [1.165, 1.54) is 6.92 Å². The molecule has 0 aromatic carbocycles. The topological polar surface area (TPSA) is 26.0 Å². The number of halogens is 3. The van der Waals surface area contributed by atoms with E-state index >= 15 is 0 Å². The zero-order valence-corrected chi connectivity index (χ0v) is 4.29. The van der Waals surface area contributed by atoms with Gasteiger partial charge in [-0.05, 0) is 6.92 Å². The van der Waals surface area contributed by atoms with Crippen molar-refractivity contribution in [3.05, 3.63) is 11.8 Å². The molecule has 0 amide bonds. The second kappa shape index (κ2) is 2.07. The Bertz CT molecular complexity index is 98.3. The number of allylic oxidation sites excluding steroid dienone is 2. The molecule has 0 aliphatic heterocycles. The van der Waals surface area contributed by atoms with Crippen LogP contribution in [0.4, 0.5) is 13.2 Å². The summed E-state index contributed by atoms with van der Waals surface area (Å²) in [6.45, 7) is 1.19. The van der Waals surface area contributed by atoms with Crippen molar-refractivity contribution in [1.29, 1.82) is 0 Å². The first-order chi connectivity index (χ1) is 3.42. The molecule has 0 aliphatic rings. The lowest BCUT2D eigenvalue weighted by Gasteiger charge is -1.97. The maximum Gasteiger partial charge on any atom is 0.411 e. The summed E-state index contributed by atoms with van der Waals surface area (Å²) in [6.07, 6.45) is -4.22. The smallest absolute Gasteiger partial charge is 0.402 e. The third-order valence-electron chi connectivity index (χ3n) is 0.391. The second-order valence-corrected chi connectivity index (χ2v) is 1.43. The molecule has 0 saturated heterocycles. The Morgan fingerprint density at radius 2 is 1.88 bits per heavy atom. The molecule has 8 heavy (non-hydrogen) atoms. The van der Waals surface area contributed by atoms with Crippen LogP contribution in [0.2, 0.25) is 0 Å². The fourth-order valence-corrected chi connectivity index (χ4v) is 0.258. The molecule has 0 bridgehead atoms. The van der Waals surface area contributed by atoms with Gasteiger partial charge in [-0.15, -0.1) is 0 Å². The van der Waals surface area contributed by atoms with Gasteiger partial charge in [0.15, 0.2) is 0 Å². The Hall–Kier alpha value is -0.670. The van der Waals surface area contributed by atoms with E-state index in [2.05, 4.69) is 0 Å². The largest absolute Gasteiger partial charge is 0.411 e. The highest BCUT2D eigenvalue weighted by atomic mass is 19.4. The predicted octanol–water partition coefficient (Wildman–Crippen LogP) is 1.41. The molecule has 0 aromatic heterocycles. The minimum absolute atomic E-state index is 0.0486. The lowest BCUT2D eigenvalue weighted by atomic mass is 10.4. The molecule has 48 valence electrons. The number of hydrogen-bond donors (Lipinski definition) is 1. The zero-order valence-electron chi connectivity index (χ0n) is 4.29. The molecule has 0 rings (SSSR count). The van der Waals surface area contributed by atoms with Gasteiger partial charge in [0.2, 0.25) is 0 Å². The van der Waals surface area contributed by atoms with Gasteiger partial charge in [-0.25, -0.2) is 0 Å². The van der Waals surface area contributed by atoms with E-state index in [4.69, 9.17) is 5.73 Å². The van der Waals surface area contributed by atoms with Crippen molar-refractivity contribution in [3.63, 3.8) is 0 Å². The summed E-state index contributed by atoms with van der Waals surface area (Å²) in [5.74, 6) is 0. The van der Waals surface area contributed by atoms with Crippen LogP contribution in [0.1, 0.15) is 6.92 Å². The Labute approximate surface area is 45.0 Å². The van der Waals surface area contributed by atoms with Gasteiger partial charge >= 0.3 is 6.18 Å². The molecule has 0 heterocycles. The molecule has 1 nitrogen and oxygen atoms in total. The Kier molecular flexibility index (Phi) is 1.89. The summed E-state index contributed by atoms with van der Waals surface area (Å²) in [4.78, 5) is 0. The van der Waals surface area contributed by atoms with Gasteiger partial charge in [0.1, 0.15) is 0 Å². The molecule has 0 radical (unpaired) electrons. The van der Waals surface area contributed by atoms with Gasteiger partial charge < -0.3 is 5.73 Å². The third kappa shape index (κ3) is 5.33. The van der Waals surface area contributed by atoms with Crippen LogP contribution >= 0.6 is 0 Å². The van der Waals surface area contributed by atoms with E-state index in [0.29, 0.717) is 0 Å². The van der Waals surface area contributed by atoms with Crippen LogP contribution in [0.5, 0.6) is 0 Å². The Balaban J connectivity index is 3.89. The normalized spacial score (nSPS) is 14.2. The highest BCUT2D eigenvalue weighted by Gasteiger charge is 2.22. The second-order valence-electron chi connectivity index (χ2n) is 1.43. The third-order valence-corrected chi connectivity index (χ3v) is 0.391. The summed E-state index contributed by atoms with van der Waals surface area (Å²) < 4.78 is 33.4. The minimum Gasteiger partial charge on any atom is -0.402 e. The van der Waals surface area contributed by atoms with Crippen LogP contribution < -0.4 is 5.73 Å². The fourth-order valence-electron chi connectivity index (χ4n) is 0.258. The standard InChI is InChI=1S/C4H6F3N/c1-3(8)2-4(5,6)7/h2H,8H2,1H3/b3-2-. The predicted molar refractivity (Wildman–Crippen MR) is 24.0 cm³/mol. The Morgan fingerprint density at radius 1 is 1.50 bits per heavy atom. The molecule has 0 atom stereocenters. The van der Waals surface area contributed by atoms with Crippen LogP contribution in [0, 0.1) is 0 Å². The van der Waals surface area contributed by atoms with Crippen LogP contribution in [-0.2, 0) is 0 Å². The van der Waals surface area contributed by atoms with Crippen molar-refractivity contribution in [2.45, 2.75) is 13.1 Å². The van der Waals surface area contributed by atoms with E-state index in [1.807, 2.05) is 0 Å². The van der Waals surface area contributed by atoms with Crippen molar-refractivity contribution in [2.24, 2.45) is 5.73 Å². The van der Waals surface area contributed by atoms with Crippen LogP contribution in [0.15, 0.2) is 11.8 Å². The van der Waals surface area contributed by atoms with Crippen molar-refractivity contribution >= 4 is 0 Å². The minimum atomic E-state index is -4.27. The van der Waals surface area contributed by atoms with E-state index in [0.717, 1.165) is 0 Å². The summed E-state index contributed by atoms with van der Waals surface area (Å²) in [6, 6.07) is 0. The summed E-state index contributed by atoms with van der Waals surface area (Å²) in [5.41, 5.74) is 4.50. The summed E-state index contributed by atoms with van der Waals surface area (Å²) in [5, 5.41) is 0. The number of alkyl halides is 3. The van der Waals surface area contributed by atoms with Crippen molar-refractivity contribution in [2.75, 3.05) is 0 Å². The molecule has 2 N–H and O–H groups in total. The van der Waals surface area contributed by atoms with Gasteiger partial charge in [0.05, 0.1) is 0 Å². The van der Waals surface area contributed by atoms with Gasteiger partial charge in [0.25, 0.3) is 0 Å². The zero-order chi connectivity index (χ0) is 6.78. The molecule has 0 aliphatic carbocycles. The molecular weight excluding hydrogens is 119 g/mol. The van der Waals surface area contributed by atoms with E-state index in [1.54, 1.807) is 0 Å². The fraction of sp³-hybridized carbons (Fsp3) is 0.500. The van der Waals surface area contributed by atoms with Gasteiger partial charge in [-0.2, -0.15) is 13.2 Å². The van der Waals surface area contributed by atoms with Gasteiger partial charge in [-0.1, -0.05) is 0 Å². The van der Waals surface area contributed by atoms with Gasteiger partial charge in [0, 0.05) is 11.8 Å². The number of nitrogens with two attached hydrogens (primary N) is 1. The first-order valence-corrected chi connectivity index (χ1v) is 1.93. The van der Waals surface area contributed by atoms with Crippen LogP contribution in [-0.4, -0.2) is 6.18 Å². The van der Waals surface area contributed by atoms with Crippen LogP contribution in [0.3, 0.4) is 0 Å². The van der Waals surface area contributed by atoms with E-state index < -0.39 is 6.18 Å². The molecule has 0 fully saturated rings. The molecule has 0 unspecified atom stereocenters. The molecule has 4 heteroatoms. The molecule has 0 saturated carbocycles. The molecular formula is C4H6F3N. The lowest BCUT2D eigenvalue weighted by molar-refractivity contribution is -0.0805. The summed E-state index contributed by atoms with van der Waals surface area (Å²) in [7, 11) is 0. The average Bonchev–Trinajstić information content (AvgIpc) is 1.21. The van der Waals surface area contributed by atoms with E-state index in [-0.39, 0.29) is 11.8 Å². The van der Waals surface area contributed by atoms with Gasteiger partial charge in [-0.3, -0.25) is 0 Å². The average molecular weight is 125 g/mol. The highest BCUT2D eigenvalue weighted by molar-refractivity contribution is 4.96. The number of hydrogen-bond acceptors (Lipinski definition) is 1. The highest BCUT2D eigenvalue weighted by Crippen LogP contribution is 2.16. The summed E-state index contributed by atoms with van der Waals surface area (Å²) >= 11 is 0. The quantitative estimate of drug-likeness (QED) is 0.520. The van der Waals surface area contributed by atoms with Crippen molar-refractivity contribution in [3.8, 4) is 0 Å². The molecule has 0 aromatic rings. The first kappa shape index (κ1) is 7.33. The SMILES string of the molecule is C/C(N)=C/C(F)(F)F. The van der Waals surface area contributed by atoms with Crippen LogP contribution in [0.25, 0.3) is 0 Å². The molecule has 0 spiro atoms. The first-order valence-electron chi connectivity index (χ1n) is 1.93. The maximum absolute atomic E-state index is 11.2. The Morgan fingerprint density at radius 3 is 1.88 bits per heavy atom. The lowest BCUT2D eigenvalue weighted by Crippen LogP contribution is -2.05. The van der Waals surface area contributed by atoms with Crippen molar-refractivity contribution in [1.82, 2.24) is 0 Å².